The molecule has 1 saturated heterocycles. The molecule has 1 aliphatic heterocycles. The third-order valence-corrected chi connectivity index (χ3v) is 5.56. The molecule has 1 N–H and O–H groups in total. The van der Waals surface area contributed by atoms with Crippen LogP contribution in [0, 0.1) is 5.92 Å². The summed E-state index contributed by atoms with van der Waals surface area (Å²) in [6.07, 6.45) is 1.44. The Hall–Kier alpha value is -2.86. The quantitative estimate of drug-likeness (QED) is 0.724. The first-order valence-corrected chi connectivity index (χ1v) is 10.5. The summed E-state index contributed by atoms with van der Waals surface area (Å²) >= 11 is 0. The van der Waals surface area contributed by atoms with Crippen molar-refractivity contribution in [1.29, 1.82) is 0 Å². The Morgan fingerprint density at radius 2 is 1.80 bits per heavy atom. The van der Waals surface area contributed by atoms with Gasteiger partial charge in [-0.3, -0.25) is 14.5 Å². The van der Waals surface area contributed by atoms with Gasteiger partial charge in [-0.25, -0.2) is 0 Å². The molecule has 1 heterocycles. The fourth-order valence-electron chi connectivity index (χ4n) is 4.18. The predicted molar refractivity (Wildman–Crippen MR) is 117 cm³/mol. The van der Waals surface area contributed by atoms with Crippen LogP contribution >= 0.6 is 0 Å². The van der Waals surface area contributed by atoms with Crippen molar-refractivity contribution in [2.24, 2.45) is 5.92 Å². The second-order valence-corrected chi connectivity index (χ2v) is 7.71. The zero-order chi connectivity index (χ0) is 21.5. The van der Waals surface area contributed by atoms with Crippen LogP contribution in [0.25, 0.3) is 11.1 Å². The largest absolute Gasteiger partial charge is 0.496 e. The molecule has 0 aromatic heterocycles. The predicted octanol–water partition coefficient (Wildman–Crippen LogP) is 3.16. The lowest BCUT2D eigenvalue weighted by atomic mass is 9.91. The Morgan fingerprint density at radius 3 is 2.50 bits per heavy atom. The summed E-state index contributed by atoms with van der Waals surface area (Å²) in [6, 6.07) is 15.9. The molecule has 6 heteroatoms. The second kappa shape index (κ2) is 10.3. The van der Waals surface area contributed by atoms with Crippen molar-refractivity contribution >= 4 is 11.9 Å². The molecule has 2 aromatic carbocycles. The van der Waals surface area contributed by atoms with Crippen LogP contribution in [-0.2, 0) is 16.0 Å². The van der Waals surface area contributed by atoms with Crippen LogP contribution < -0.4 is 4.74 Å². The molecular formula is C24H30N2O4. The highest BCUT2D eigenvalue weighted by atomic mass is 16.5. The van der Waals surface area contributed by atoms with Gasteiger partial charge in [0.2, 0.25) is 5.91 Å². The monoisotopic (exact) mass is 410 g/mol. The zero-order valence-corrected chi connectivity index (χ0v) is 17.7. The zero-order valence-electron chi connectivity index (χ0n) is 17.7. The Morgan fingerprint density at radius 1 is 1.10 bits per heavy atom. The molecule has 1 atom stereocenters. The number of para-hydroxylation sites is 1. The maximum Gasteiger partial charge on any atom is 0.317 e. The van der Waals surface area contributed by atoms with Gasteiger partial charge in [-0.05, 0) is 30.0 Å². The van der Waals surface area contributed by atoms with E-state index in [1.807, 2.05) is 58.3 Å². The smallest absolute Gasteiger partial charge is 0.317 e. The molecule has 0 spiro atoms. The summed E-state index contributed by atoms with van der Waals surface area (Å²) in [5.41, 5.74) is 3.09. The van der Waals surface area contributed by atoms with Gasteiger partial charge >= 0.3 is 5.97 Å². The van der Waals surface area contributed by atoms with E-state index in [4.69, 9.17) is 4.74 Å². The lowest BCUT2D eigenvalue weighted by molar-refractivity contribution is -0.139. The van der Waals surface area contributed by atoms with Crippen molar-refractivity contribution in [2.75, 3.05) is 39.8 Å². The number of amides is 1. The van der Waals surface area contributed by atoms with Gasteiger partial charge in [-0.2, -0.15) is 0 Å². The van der Waals surface area contributed by atoms with E-state index in [0.29, 0.717) is 32.6 Å². The third-order valence-electron chi connectivity index (χ3n) is 5.56. The van der Waals surface area contributed by atoms with Crippen LogP contribution in [0.3, 0.4) is 0 Å². The highest BCUT2D eigenvalue weighted by Crippen LogP contribution is 2.33. The highest BCUT2D eigenvalue weighted by molar-refractivity contribution is 5.81. The molecule has 30 heavy (non-hydrogen) atoms. The molecule has 0 bridgehead atoms. The number of hydrogen-bond donors (Lipinski definition) is 1. The lowest BCUT2D eigenvalue weighted by Gasteiger charge is -2.24. The molecule has 1 amide bonds. The molecule has 3 rings (SSSR count). The SMILES string of the molecule is CCCN1CCN(CC(=O)O)CC(Cc2ccccc2-c2ccccc2OC)C1=O. The molecule has 160 valence electrons. The third kappa shape index (κ3) is 5.19. The number of carbonyl (C=O) groups excluding carboxylic acids is 1. The van der Waals surface area contributed by atoms with Crippen LogP contribution in [0.5, 0.6) is 5.75 Å². The van der Waals surface area contributed by atoms with Gasteiger partial charge in [-0.15, -0.1) is 0 Å². The first-order chi connectivity index (χ1) is 14.5. The van der Waals surface area contributed by atoms with Gasteiger partial charge in [0.05, 0.1) is 19.6 Å². The molecule has 0 saturated carbocycles. The molecule has 1 fully saturated rings. The van der Waals surface area contributed by atoms with E-state index >= 15 is 0 Å². The molecule has 6 nitrogen and oxygen atoms in total. The first-order valence-electron chi connectivity index (χ1n) is 10.5. The van der Waals surface area contributed by atoms with Gasteiger partial charge < -0.3 is 14.7 Å². The van der Waals surface area contributed by atoms with E-state index in [1.54, 1.807) is 7.11 Å². The highest BCUT2D eigenvalue weighted by Gasteiger charge is 2.31. The topological polar surface area (TPSA) is 70.1 Å². The second-order valence-electron chi connectivity index (χ2n) is 7.71. The normalized spacial score (nSPS) is 17.6. The summed E-state index contributed by atoms with van der Waals surface area (Å²) in [5.74, 6) is -0.245. The Labute approximate surface area is 178 Å². The van der Waals surface area contributed by atoms with Crippen LogP contribution in [0.2, 0.25) is 0 Å². The number of rotatable bonds is 8. The fraction of sp³-hybridized carbons (Fsp3) is 0.417. The van der Waals surface area contributed by atoms with E-state index in [-0.39, 0.29) is 18.4 Å². The minimum Gasteiger partial charge on any atom is -0.496 e. The van der Waals surface area contributed by atoms with Crippen molar-refractivity contribution in [3.05, 3.63) is 54.1 Å². The summed E-state index contributed by atoms with van der Waals surface area (Å²) in [7, 11) is 1.66. The number of carbonyl (C=O) groups is 2. The van der Waals surface area contributed by atoms with Crippen LogP contribution in [0.4, 0.5) is 0 Å². The molecule has 2 aromatic rings. The van der Waals surface area contributed by atoms with Gasteiger partial charge in [0.25, 0.3) is 0 Å². The number of carboxylic acid groups (broad SMARTS) is 1. The maximum absolute atomic E-state index is 13.3. The number of ether oxygens (including phenoxy) is 1. The van der Waals surface area contributed by atoms with Gasteiger partial charge in [0.1, 0.15) is 5.75 Å². The van der Waals surface area contributed by atoms with Crippen LogP contribution in [0.1, 0.15) is 18.9 Å². The fourth-order valence-corrected chi connectivity index (χ4v) is 4.18. The van der Waals surface area contributed by atoms with E-state index in [1.165, 1.54) is 0 Å². The first kappa shape index (κ1) is 21.8. The van der Waals surface area contributed by atoms with Crippen LogP contribution in [0.15, 0.2) is 48.5 Å². The van der Waals surface area contributed by atoms with Crippen molar-refractivity contribution in [3.63, 3.8) is 0 Å². The summed E-state index contributed by atoms with van der Waals surface area (Å²) in [5, 5.41) is 9.27. The summed E-state index contributed by atoms with van der Waals surface area (Å²) < 4.78 is 5.55. The van der Waals surface area contributed by atoms with Gasteiger partial charge in [0.15, 0.2) is 0 Å². The standard InChI is InChI=1S/C24H30N2O4/c1-3-12-26-14-13-25(17-23(27)28)16-19(24(26)29)15-18-8-4-5-9-20(18)21-10-6-7-11-22(21)30-2/h4-11,19H,3,12-17H2,1-2H3,(H,27,28). The van der Waals surface area contributed by atoms with E-state index in [0.717, 1.165) is 28.9 Å². The van der Waals surface area contributed by atoms with E-state index in [2.05, 4.69) is 6.92 Å². The van der Waals surface area contributed by atoms with E-state index in [9.17, 15) is 14.7 Å². The van der Waals surface area contributed by atoms with E-state index < -0.39 is 5.97 Å². The average Bonchev–Trinajstić information content (AvgIpc) is 2.88. The number of hydrogen-bond acceptors (Lipinski definition) is 4. The molecular weight excluding hydrogens is 380 g/mol. The van der Waals surface area contributed by atoms with Gasteiger partial charge in [-0.1, -0.05) is 49.4 Å². The maximum atomic E-state index is 13.3. The summed E-state index contributed by atoms with van der Waals surface area (Å²) in [4.78, 5) is 28.3. The van der Waals surface area contributed by atoms with Crippen LogP contribution in [-0.4, -0.2) is 66.6 Å². The summed E-state index contributed by atoms with van der Waals surface area (Å²) in [6.45, 7) is 4.32. The lowest BCUT2D eigenvalue weighted by Crippen LogP contribution is -2.38. The molecule has 1 unspecified atom stereocenters. The number of methoxy groups -OCH3 is 1. The Bertz CT molecular complexity index is 883. The van der Waals surface area contributed by atoms with Crippen molar-refractivity contribution in [3.8, 4) is 16.9 Å². The Balaban J connectivity index is 1.92. The van der Waals surface area contributed by atoms with Crippen molar-refractivity contribution < 1.29 is 19.4 Å². The minimum atomic E-state index is -0.862. The average molecular weight is 411 g/mol. The molecule has 0 radical (unpaired) electrons. The van der Waals surface area contributed by atoms with Crippen molar-refractivity contribution in [2.45, 2.75) is 19.8 Å². The minimum absolute atomic E-state index is 0.0438. The number of carboxylic acids is 1. The Kier molecular flexibility index (Phi) is 7.46. The number of nitrogens with zero attached hydrogens (tertiary/aromatic N) is 2. The molecule has 1 aliphatic rings. The number of benzene rings is 2. The molecule has 0 aliphatic carbocycles. The van der Waals surface area contributed by atoms with Crippen molar-refractivity contribution in [1.82, 2.24) is 9.80 Å². The number of aliphatic carboxylic acids is 1. The van der Waals surface area contributed by atoms with Gasteiger partial charge in [0, 0.05) is 31.7 Å².